The first-order valence-corrected chi connectivity index (χ1v) is 8.10. The van der Waals surface area contributed by atoms with Crippen molar-refractivity contribution in [3.63, 3.8) is 0 Å². The molecule has 1 unspecified atom stereocenters. The summed E-state index contributed by atoms with van der Waals surface area (Å²) < 4.78 is 26.6. The van der Waals surface area contributed by atoms with Crippen LogP contribution >= 0.6 is 0 Å². The van der Waals surface area contributed by atoms with Gasteiger partial charge in [-0.1, -0.05) is 41.5 Å². The van der Waals surface area contributed by atoms with Crippen molar-refractivity contribution >= 4 is 16.0 Å². The lowest BCUT2D eigenvalue weighted by Gasteiger charge is -2.30. The van der Waals surface area contributed by atoms with Gasteiger partial charge in [-0.25, -0.2) is 13.1 Å². The van der Waals surface area contributed by atoms with E-state index in [0.717, 1.165) is 0 Å². The maximum atomic E-state index is 12.0. The van der Waals surface area contributed by atoms with E-state index >= 15 is 0 Å². The van der Waals surface area contributed by atoms with Crippen LogP contribution in [0.4, 0.5) is 0 Å². The average molecular weight is 293 g/mol. The van der Waals surface area contributed by atoms with E-state index in [2.05, 4.69) is 4.72 Å². The van der Waals surface area contributed by atoms with Gasteiger partial charge < -0.3 is 5.11 Å². The molecule has 19 heavy (non-hydrogen) atoms. The number of carboxylic acid groups (broad SMARTS) is 1. The van der Waals surface area contributed by atoms with Gasteiger partial charge in [0.2, 0.25) is 10.0 Å². The third kappa shape index (κ3) is 8.99. The van der Waals surface area contributed by atoms with Crippen molar-refractivity contribution in [3.8, 4) is 0 Å². The molecule has 0 aliphatic heterocycles. The van der Waals surface area contributed by atoms with E-state index in [1.165, 1.54) is 0 Å². The summed E-state index contributed by atoms with van der Waals surface area (Å²) >= 11 is 0. The van der Waals surface area contributed by atoms with E-state index in [4.69, 9.17) is 5.11 Å². The molecule has 2 N–H and O–H groups in total. The first-order chi connectivity index (χ1) is 8.23. The summed E-state index contributed by atoms with van der Waals surface area (Å²) in [6.07, 6.45) is 0.324. The quantitative estimate of drug-likeness (QED) is 0.786. The summed E-state index contributed by atoms with van der Waals surface area (Å²) in [6, 6.07) is -0.602. The Balaban J connectivity index is 4.79. The number of nitrogens with one attached hydrogen (secondary N) is 1. The van der Waals surface area contributed by atoms with Gasteiger partial charge in [0.15, 0.2) is 0 Å². The lowest BCUT2D eigenvalue weighted by atomic mass is 9.85. The Labute approximate surface area is 116 Å². The highest BCUT2D eigenvalue weighted by atomic mass is 32.2. The van der Waals surface area contributed by atoms with Gasteiger partial charge in [0.25, 0.3) is 0 Å². The molecule has 0 rings (SSSR count). The molecular formula is C13H27NO4S. The van der Waals surface area contributed by atoms with Crippen molar-refractivity contribution in [2.75, 3.05) is 5.75 Å². The van der Waals surface area contributed by atoms with E-state index in [0.29, 0.717) is 6.42 Å². The third-order valence-corrected chi connectivity index (χ3v) is 4.25. The second-order valence-corrected chi connectivity index (χ2v) is 9.14. The van der Waals surface area contributed by atoms with Crippen LogP contribution in [0.15, 0.2) is 0 Å². The van der Waals surface area contributed by atoms with Crippen LogP contribution in [0.2, 0.25) is 0 Å². The maximum absolute atomic E-state index is 12.0. The molecule has 0 heterocycles. The fraction of sp³-hybridized carbons (Fsp3) is 0.923. The highest BCUT2D eigenvalue weighted by molar-refractivity contribution is 7.89. The van der Waals surface area contributed by atoms with Crippen LogP contribution in [0.25, 0.3) is 0 Å². The zero-order valence-corrected chi connectivity index (χ0v) is 13.6. The van der Waals surface area contributed by atoms with Crippen molar-refractivity contribution in [2.45, 2.75) is 60.4 Å². The molecule has 0 aromatic heterocycles. The number of sulfonamides is 1. The molecule has 0 saturated heterocycles. The van der Waals surface area contributed by atoms with E-state index in [9.17, 15) is 13.2 Å². The monoisotopic (exact) mass is 293 g/mol. The highest BCUT2D eigenvalue weighted by Gasteiger charge is 2.31. The normalized spacial score (nSPS) is 15.3. The van der Waals surface area contributed by atoms with Gasteiger partial charge in [0.05, 0.1) is 12.2 Å². The minimum Gasteiger partial charge on any atom is -0.481 e. The Hall–Kier alpha value is -0.620. The lowest BCUT2D eigenvalue weighted by Crippen LogP contribution is -2.46. The van der Waals surface area contributed by atoms with Crippen LogP contribution in [-0.2, 0) is 14.8 Å². The molecule has 0 radical (unpaired) electrons. The molecule has 0 aliphatic rings. The summed E-state index contributed by atoms with van der Waals surface area (Å²) in [5.74, 6) is -0.985. The SMILES string of the molecule is CC(C)(C)CCS(=O)(=O)NC(CC(=O)O)C(C)(C)C. The van der Waals surface area contributed by atoms with Crippen LogP contribution in [0.3, 0.4) is 0 Å². The fourth-order valence-electron chi connectivity index (χ4n) is 1.42. The maximum Gasteiger partial charge on any atom is 0.304 e. The number of hydrogen-bond acceptors (Lipinski definition) is 3. The molecule has 1 atom stereocenters. The third-order valence-electron chi connectivity index (χ3n) is 2.87. The first kappa shape index (κ1) is 18.4. The average Bonchev–Trinajstić information content (AvgIpc) is 2.10. The van der Waals surface area contributed by atoms with E-state index < -0.39 is 27.4 Å². The molecule has 6 heteroatoms. The molecule has 0 aromatic carbocycles. The Morgan fingerprint density at radius 2 is 1.63 bits per heavy atom. The number of carbonyl (C=O) groups is 1. The van der Waals surface area contributed by atoms with Gasteiger partial charge in [-0.2, -0.15) is 0 Å². The summed E-state index contributed by atoms with van der Waals surface area (Å²) in [7, 11) is -3.46. The predicted octanol–water partition coefficient (Wildman–Crippen LogP) is 2.23. The lowest BCUT2D eigenvalue weighted by molar-refractivity contribution is -0.138. The smallest absolute Gasteiger partial charge is 0.304 e. The van der Waals surface area contributed by atoms with Crippen LogP contribution in [0.5, 0.6) is 0 Å². The van der Waals surface area contributed by atoms with Gasteiger partial charge in [0.1, 0.15) is 0 Å². The van der Waals surface area contributed by atoms with Gasteiger partial charge >= 0.3 is 5.97 Å². The molecule has 0 aliphatic carbocycles. The molecule has 0 saturated carbocycles. The van der Waals surface area contributed by atoms with Crippen LogP contribution in [-0.4, -0.2) is 31.3 Å². The molecule has 0 fully saturated rings. The number of hydrogen-bond donors (Lipinski definition) is 2. The second kappa shape index (κ2) is 6.22. The zero-order chi connectivity index (χ0) is 15.5. The van der Waals surface area contributed by atoms with Crippen LogP contribution in [0.1, 0.15) is 54.4 Å². The molecule has 0 bridgehead atoms. The standard InChI is InChI=1S/C13H27NO4S/c1-12(2,3)7-8-19(17,18)14-10(9-11(15)16)13(4,5)6/h10,14H,7-9H2,1-6H3,(H,15,16). The Kier molecular flexibility index (Phi) is 6.02. The molecule has 0 aromatic rings. The minimum atomic E-state index is -3.46. The van der Waals surface area contributed by atoms with Crippen molar-refractivity contribution in [1.29, 1.82) is 0 Å². The minimum absolute atomic E-state index is 0.0166. The van der Waals surface area contributed by atoms with Crippen molar-refractivity contribution in [2.24, 2.45) is 10.8 Å². The van der Waals surface area contributed by atoms with Gasteiger partial charge in [-0.15, -0.1) is 0 Å². The van der Waals surface area contributed by atoms with Gasteiger partial charge in [-0.05, 0) is 17.3 Å². The number of aliphatic carboxylic acids is 1. The van der Waals surface area contributed by atoms with E-state index in [1.54, 1.807) is 0 Å². The molecule has 5 nitrogen and oxygen atoms in total. The molecular weight excluding hydrogens is 266 g/mol. The molecule has 0 spiro atoms. The van der Waals surface area contributed by atoms with Crippen LogP contribution < -0.4 is 4.72 Å². The number of carboxylic acids is 1. The van der Waals surface area contributed by atoms with Gasteiger partial charge in [-0.3, -0.25) is 4.79 Å². The fourth-order valence-corrected chi connectivity index (χ4v) is 3.28. The summed E-state index contributed by atoms with van der Waals surface area (Å²) in [4.78, 5) is 10.8. The van der Waals surface area contributed by atoms with Crippen molar-refractivity contribution in [3.05, 3.63) is 0 Å². The van der Waals surface area contributed by atoms with Gasteiger partial charge in [0, 0.05) is 6.04 Å². The Bertz CT molecular complexity index is 401. The largest absolute Gasteiger partial charge is 0.481 e. The highest BCUT2D eigenvalue weighted by Crippen LogP contribution is 2.24. The van der Waals surface area contributed by atoms with Crippen LogP contribution in [0, 0.1) is 10.8 Å². The summed E-state index contributed by atoms with van der Waals surface area (Å²) in [5, 5.41) is 8.87. The Morgan fingerprint density at radius 3 is 1.95 bits per heavy atom. The molecule has 114 valence electrons. The molecule has 0 amide bonds. The first-order valence-electron chi connectivity index (χ1n) is 6.45. The van der Waals surface area contributed by atoms with E-state index in [-0.39, 0.29) is 17.6 Å². The van der Waals surface area contributed by atoms with E-state index in [1.807, 2.05) is 41.5 Å². The second-order valence-electron chi connectivity index (χ2n) is 7.26. The predicted molar refractivity (Wildman–Crippen MR) is 76.5 cm³/mol. The van der Waals surface area contributed by atoms with Crippen molar-refractivity contribution in [1.82, 2.24) is 4.72 Å². The van der Waals surface area contributed by atoms with Crippen molar-refractivity contribution < 1.29 is 18.3 Å². The number of rotatable bonds is 6. The Morgan fingerprint density at radius 1 is 1.16 bits per heavy atom. The summed E-state index contributed by atoms with van der Waals surface area (Å²) in [6.45, 7) is 11.4. The summed E-state index contributed by atoms with van der Waals surface area (Å²) in [5.41, 5.74) is -0.508. The zero-order valence-electron chi connectivity index (χ0n) is 12.8. The topological polar surface area (TPSA) is 83.5 Å².